The number of nitrogens with zero attached hydrogens (tertiary/aromatic N) is 2. The first-order chi connectivity index (χ1) is 7.77. The lowest BCUT2D eigenvalue weighted by Crippen LogP contribution is -2.09. The normalized spacial score (nSPS) is 18.0. The molecule has 3 nitrogen and oxygen atoms in total. The average molecular weight is 214 g/mol. The maximum Gasteiger partial charge on any atom is 0.200 e. The molecule has 0 saturated carbocycles. The van der Waals surface area contributed by atoms with Crippen molar-refractivity contribution in [3.05, 3.63) is 54.3 Å². The van der Waals surface area contributed by atoms with Crippen molar-refractivity contribution < 1.29 is 4.74 Å². The van der Waals surface area contributed by atoms with Crippen LogP contribution in [0.5, 0.6) is 0 Å². The van der Waals surface area contributed by atoms with Gasteiger partial charge in [0, 0.05) is 19.3 Å². The van der Waals surface area contributed by atoms with E-state index in [2.05, 4.69) is 4.99 Å². The minimum Gasteiger partial charge on any atom is -0.447 e. The molecule has 0 atom stereocenters. The van der Waals surface area contributed by atoms with E-state index in [1.54, 1.807) is 12.5 Å². The molecule has 2 rings (SSSR count). The van der Waals surface area contributed by atoms with Crippen LogP contribution in [0.25, 0.3) is 0 Å². The molecule has 1 aromatic carbocycles. The Labute approximate surface area is 95.4 Å². The number of hydrogen-bond donors (Lipinski definition) is 0. The number of aliphatic imine (C=N–C) groups is 1. The average Bonchev–Trinajstić information content (AvgIpc) is 2.62. The zero-order valence-corrected chi connectivity index (χ0v) is 9.42. The molecule has 1 aliphatic rings. The topological polar surface area (TPSA) is 24.8 Å². The second-order valence-electron chi connectivity index (χ2n) is 3.55. The molecule has 0 N–H and O–H groups in total. The summed E-state index contributed by atoms with van der Waals surface area (Å²) in [5, 5.41) is 0. The van der Waals surface area contributed by atoms with Crippen LogP contribution in [0.15, 0.2) is 59.2 Å². The number of hydrogen-bond acceptors (Lipinski definition) is 3. The van der Waals surface area contributed by atoms with Crippen molar-refractivity contribution >= 4 is 11.9 Å². The molecule has 0 aromatic heterocycles. The van der Waals surface area contributed by atoms with Crippen molar-refractivity contribution in [1.29, 1.82) is 0 Å². The van der Waals surface area contributed by atoms with Gasteiger partial charge in [0.1, 0.15) is 6.26 Å². The zero-order valence-electron chi connectivity index (χ0n) is 9.42. The highest BCUT2D eigenvalue weighted by Gasteiger charge is 2.12. The second kappa shape index (κ2) is 4.66. The summed E-state index contributed by atoms with van der Waals surface area (Å²) in [5.74, 6) is 0.789. The Morgan fingerprint density at radius 3 is 2.62 bits per heavy atom. The van der Waals surface area contributed by atoms with E-state index in [-0.39, 0.29) is 0 Å². The van der Waals surface area contributed by atoms with Crippen molar-refractivity contribution in [2.24, 2.45) is 4.99 Å². The van der Waals surface area contributed by atoms with Gasteiger partial charge in [0.05, 0.1) is 11.4 Å². The maximum atomic E-state index is 5.35. The summed E-state index contributed by atoms with van der Waals surface area (Å²) >= 11 is 0. The van der Waals surface area contributed by atoms with E-state index < -0.39 is 0 Å². The van der Waals surface area contributed by atoms with Gasteiger partial charge >= 0.3 is 0 Å². The Kier molecular flexibility index (Phi) is 3.05. The molecule has 1 heterocycles. The summed E-state index contributed by atoms with van der Waals surface area (Å²) in [4.78, 5) is 6.27. The second-order valence-corrected chi connectivity index (χ2v) is 3.55. The summed E-state index contributed by atoms with van der Waals surface area (Å²) < 4.78 is 5.35. The van der Waals surface area contributed by atoms with Crippen LogP contribution >= 0.6 is 0 Å². The molecule has 0 radical (unpaired) electrons. The van der Waals surface area contributed by atoms with Gasteiger partial charge in [0.2, 0.25) is 5.88 Å². The van der Waals surface area contributed by atoms with Gasteiger partial charge in [-0.3, -0.25) is 4.99 Å². The van der Waals surface area contributed by atoms with Gasteiger partial charge in [-0.15, -0.1) is 0 Å². The van der Waals surface area contributed by atoms with E-state index in [4.69, 9.17) is 4.74 Å². The van der Waals surface area contributed by atoms with Gasteiger partial charge < -0.3 is 9.64 Å². The number of para-hydroxylation sites is 1. The Hall–Kier alpha value is -2.03. The van der Waals surface area contributed by atoms with Crippen LogP contribution in [0.4, 0.5) is 5.69 Å². The quantitative estimate of drug-likeness (QED) is 0.707. The third-order valence-corrected chi connectivity index (χ3v) is 2.41. The van der Waals surface area contributed by atoms with Crippen LogP contribution in [0.2, 0.25) is 0 Å². The van der Waals surface area contributed by atoms with Crippen molar-refractivity contribution in [3.63, 3.8) is 0 Å². The Bertz CT molecular complexity index is 446. The van der Waals surface area contributed by atoms with Gasteiger partial charge in [0.15, 0.2) is 0 Å². The third-order valence-electron chi connectivity index (χ3n) is 2.41. The first-order valence-electron chi connectivity index (χ1n) is 5.14. The predicted octanol–water partition coefficient (Wildman–Crippen LogP) is 3.05. The largest absolute Gasteiger partial charge is 0.447 e. The standard InChI is InChI=1S/C13H14N2O/c1-11-10-16-13(15(11)2)8-9-14-12-6-4-3-5-7-12/h3-10H,1-2H3/b13-8-,14-9?. The highest BCUT2D eigenvalue weighted by Crippen LogP contribution is 2.19. The molecule has 3 heteroatoms. The van der Waals surface area contributed by atoms with Gasteiger partial charge in [-0.05, 0) is 19.1 Å². The highest BCUT2D eigenvalue weighted by atomic mass is 16.5. The Morgan fingerprint density at radius 2 is 2.00 bits per heavy atom. The van der Waals surface area contributed by atoms with Crippen molar-refractivity contribution in [2.75, 3.05) is 7.05 Å². The summed E-state index contributed by atoms with van der Waals surface area (Å²) in [6.07, 6.45) is 5.32. The molecule has 0 amide bonds. The van der Waals surface area contributed by atoms with E-state index in [0.717, 1.165) is 17.3 Å². The fraction of sp³-hybridized carbons (Fsp3) is 0.154. The molecule has 0 unspecified atom stereocenters. The Balaban J connectivity index is 2.03. The molecule has 1 aliphatic heterocycles. The fourth-order valence-electron chi connectivity index (χ4n) is 1.33. The minimum atomic E-state index is 0.789. The zero-order chi connectivity index (χ0) is 11.4. The minimum absolute atomic E-state index is 0.789. The van der Waals surface area contributed by atoms with E-state index in [9.17, 15) is 0 Å². The van der Waals surface area contributed by atoms with Gasteiger partial charge in [-0.2, -0.15) is 0 Å². The molecule has 0 saturated heterocycles. The molecular formula is C13H14N2O. The first-order valence-corrected chi connectivity index (χ1v) is 5.14. The molecule has 0 spiro atoms. The lowest BCUT2D eigenvalue weighted by molar-refractivity contribution is 0.292. The molecule has 0 fully saturated rings. The van der Waals surface area contributed by atoms with E-state index in [1.165, 1.54) is 0 Å². The summed E-state index contributed by atoms with van der Waals surface area (Å²) in [6.45, 7) is 2.00. The number of ether oxygens (including phenoxy) is 1. The van der Waals surface area contributed by atoms with Crippen LogP contribution in [-0.4, -0.2) is 18.2 Å². The van der Waals surface area contributed by atoms with E-state index in [1.807, 2.05) is 55.3 Å². The summed E-state index contributed by atoms with van der Waals surface area (Å²) in [6, 6.07) is 9.81. The van der Waals surface area contributed by atoms with Crippen molar-refractivity contribution in [3.8, 4) is 0 Å². The number of allylic oxidation sites excluding steroid dienone is 2. The van der Waals surface area contributed by atoms with Gasteiger partial charge in [-0.1, -0.05) is 18.2 Å². The lowest BCUT2D eigenvalue weighted by atomic mass is 10.3. The van der Waals surface area contributed by atoms with Crippen molar-refractivity contribution in [2.45, 2.75) is 6.92 Å². The molecule has 82 valence electrons. The van der Waals surface area contributed by atoms with Crippen LogP contribution in [0.3, 0.4) is 0 Å². The highest BCUT2D eigenvalue weighted by molar-refractivity contribution is 5.75. The Morgan fingerprint density at radius 1 is 1.25 bits per heavy atom. The SMILES string of the molecule is CC1=CO/C(=C\C=Nc2ccccc2)N1C. The molecular weight excluding hydrogens is 200 g/mol. The monoisotopic (exact) mass is 214 g/mol. The molecule has 0 aliphatic carbocycles. The van der Waals surface area contributed by atoms with Gasteiger partial charge in [0.25, 0.3) is 0 Å². The fourth-order valence-corrected chi connectivity index (χ4v) is 1.33. The van der Waals surface area contributed by atoms with Gasteiger partial charge in [-0.25, -0.2) is 0 Å². The summed E-state index contributed by atoms with van der Waals surface area (Å²) in [7, 11) is 1.96. The maximum absolute atomic E-state index is 5.35. The van der Waals surface area contributed by atoms with Crippen LogP contribution in [-0.2, 0) is 4.74 Å². The summed E-state index contributed by atoms with van der Waals surface area (Å²) in [5.41, 5.74) is 2.02. The van der Waals surface area contributed by atoms with Crippen LogP contribution in [0, 0.1) is 0 Å². The number of rotatable bonds is 2. The first kappa shape index (κ1) is 10.5. The number of benzene rings is 1. The molecule has 0 bridgehead atoms. The third kappa shape index (κ3) is 2.31. The molecule has 16 heavy (non-hydrogen) atoms. The van der Waals surface area contributed by atoms with E-state index in [0.29, 0.717) is 0 Å². The smallest absolute Gasteiger partial charge is 0.200 e. The lowest BCUT2D eigenvalue weighted by Gasteiger charge is -2.11. The molecule has 1 aromatic rings. The van der Waals surface area contributed by atoms with Crippen LogP contribution in [0.1, 0.15) is 6.92 Å². The predicted molar refractivity (Wildman–Crippen MR) is 65.3 cm³/mol. The van der Waals surface area contributed by atoms with Crippen LogP contribution < -0.4 is 0 Å². The van der Waals surface area contributed by atoms with Crippen molar-refractivity contribution in [1.82, 2.24) is 4.90 Å². The van der Waals surface area contributed by atoms with E-state index >= 15 is 0 Å².